The highest BCUT2D eigenvalue weighted by atomic mass is 31.1. The van der Waals surface area contributed by atoms with Crippen LogP contribution in [0, 0.1) is 0 Å². The summed E-state index contributed by atoms with van der Waals surface area (Å²) < 4.78 is 21.6. The van der Waals surface area contributed by atoms with Crippen molar-refractivity contribution in [1.29, 1.82) is 0 Å². The van der Waals surface area contributed by atoms with Gasteiger partial charge in [0.05, 0.1) is 6.10 Å². The zero-order valence-corrected chi connectivity index (χ0v) is 36.5. The van der Waals surface area contributed by atoms with Gasteiger partial charge in [0.15, 0.2) is 0 Å². The first-order valence-electron chi connectivity index (χ1n) is 19.0. The molecule has 0 N–H and O–H groups in total. The molecule has 5 heteroatoms. The maximum Gasteiger partial charge on any atom is 0.388 e. The number of hydrogen-bond acceptors (Lipinski definition) is 3. The van der Waals surface area contributed by atoms with E-state index >= 15 is 0 Å². The van der Waals surface area contributed by atoms with Crippen LogP contribution in [-0.4, -0.2) is 11.3 Å². The highest BCUT2D eigenvalue weighted by molar-refractivity contribution is 7.67. The number of benzene rings is 4. The first-order chi connectivity index (χ1) is 23.9. The smallest absolute Gasteiger partial charge is 0.388 e. The van der Waals surface area contributed by atoms with Crippen LogP contribution in [0.15, 0.2) is 93.3 Å². The first kappa shape index (κ1) is 40.4. The molecular weight excluding hydrogens is 674 g/mol. The van der Waals surface area contributed by atoms with Crippen LogP contribution in [0.4, 0.5) is 0 Å². The van der Waals surface area contributed by atoms with E-state index in [1.54, 1.807) is 0 Å². The second-order valence-electron chi connectivity index (χ2n) is 19.7. The van der Waals surface area contributed by atoms with E-state index in [1.165, 1.54) is 27.6 Å². The Hall–Kier alpha value is -2.83. The van der Waals surface area contributed by atoms with Crippen LogP contribution < -0.4 is 9.83 Å². The minimum absolute atomic E-state index is 0.0549. The molecular formula is C47H64O3P2. The summed E-state index contributed by atoms with van der Waals surface area (Å²) in [6.45, 7) is 34.6. The van der Waals surface area contributed by atoms with Crippen molar-refractivity contribution in [3.05, 3.63) is 113 Å². The molecule has 280 valence electrons. The number of hydrogen-bond donors (Lipinski definition) is 0. The molecule has 0 saturated carbocycles. The van der Waals surface area contributed by atoms with Gasteiger partial charge >= 0.3 is 8.24 Å². The van der Waals surface area contributed by atoms with Crippen LogP contribution >= 0.6 is 16.2 Å². The van der Waals surface area contributed by atoms with Crippen molar-refractivity contribution in [3.63, 3.8) is 0 Å². The van der Waals surface area contributed by atoms with Gasteiger partial charge in [-0.1, -0.05) is 185 Å². The van der Waals surface area contributed by atoms with Crippen molar-refractivity contribution in [1.82, 2.24) is 0 Å². The fourth-order valence-electron chi connectivity index (χ4n) is 6.80. The fraction of sp³-hybridized carbons (Fsp3) is 0.489. The minimum Gasteiger partial charge on any atom is -0.399 e. The van der Waals surface area contributed by atoms with E-state index in [-0.39, 0.29) is 32.9 Å². The lowest BCUT2D eigenvalue weighted by molar-refractivity contribution is 0.258. The van der Waals surface area contributed by atoms with Crippen molar-refractivity contribution in [2.45, 2.75) is 143 Å². The molecule has 52 heavy (non-hydrogen) atoms. The third kappa shape index (κ3) is 9.27. The van der Waals surface area contributed by atoms with E-state index in [4.69, 9.17) is 12.9 Å². The normalized spacial score (nSPS) is 14.5. The molecule has 1 heterocycles. The van der Waals surface area contributed by atoms with Crippen molar-refractivity contribution >= 4 is 43.4 Å². The molecule has 0 aliphatic heterocycles. The molecule has 3 nitrogen and oxygen atoms in total. The van der Waals surface area contributed by atoms with Crippen LogP contribution in [0.1, 0.15) is 144 Å². The Kier molecular flexibility index (Phi) is 11.5. The Balaban J connectivity index is 1.83. The number of rotatable bonds is 7. The van der Waals surface area contributed by atoms with E-state index in [2.05, 4.69) is 189 Å². The van der Waals surface area contributed by atoms with E-state index in [0.717, 1.165) is 40.1 Å². The Bertz CT molecular complexity index is 1930. The van der Waals surface area contributed by atoms with Gasteiger partial charge in [0.25, 0.3) is 0 Å². The van der Waals surface area contributed by atoms with Crippen molar-refractivity contribution < 1.29 is 12.9 Å². The monoisotopic (exact) mass is 738 g/mol. The van der Waals surface area contributed by atoms with Crippen LogP contribution in [0.2, 0.25) is 0 Å². The largest absolute Gasteiger partial charge is 0.399 e. The van der Waals surface area contributed by atoms with Crippen molar-refractivity contribution in [3.8, 4) is 0 Å². The van der Waals surface area contributed by atoms with E-state index in [0.29, 0.717) is 0 Å². The predicted molar refractivity (Wildman–Crippen MR) is 229 cm³/mol. The summed E-state index contributed by atoms with van der Waals surface area (Å²) >= 11 is 0. The Morgan fingerprint density at radius 3 is 1.37 bits per heavy atom. The topological polar surface area (TPSA) is 35.5 Å². The predicted octanol–water partition coefficient (Wildman–Crippen LogP) is 14.6. The molecule has 5 rings (SSSR count). The Labute approximate surface area is 317 Å². The summed E-state index contributed by atoms with van der Waals surface area (Å²) in [5.74, 6) is 0. The minimum atomic E-state index is -1.84. The zero-order chi connectivity index (χ0) is 38.4. The van der Waals surface area contributed by atoms with Crippen molar-refractivity contribution in [2.24, 2.45) is 0 Å². The summed E-state index contributed by atoms with van der Waals surface area (Å²) in [7, 11) is -2.30. The second kappa shape index (κ2) is 14.8. The molecule has 1 aromatic heterocycles. The van der Waals surface area contributed by atoms with Gasteiger partial charge in [-0.3, -0.25) is 4.52 Å². The van der Waals surface area contributed by atoms with Crippen LogP contribution in [0.5, 0.6) is 0 Å². The summed E-state index contributed by atoms with van der Waals surface area (Å²) in [5.41, 5.74) is 7.37. The van der Waals surface area contributed by atoms with Gasteiger partial charge in [-0.25, -0.2) is 0 Å². The van der Waals surface area contributed by atoms with Gasteiger partial charge < -0.3 is 8.39 Å². The molecule has 5 aromatic rings. The lowest BCUT2D eigenvalue weighted by Crippen LogP contribution is -2.22. The van der Waals surface area contributed by atoms with Gasteiger partial charge in [0.1, 0.15) is 11.2 Å². The van der Waals surface area contributed by atoms with Gasteiger partial charge in [-0.05, 0) is 73.5 Å². The average Bonchev–Trinajstić information content (AvgIpc) is 3.18. The van der Waals surface area contributed by atoms with Crippen LogP contribution in [-0.2, 0) is 21.7 Å². The molecule has 4 aromatic carbocycles. The van der Waals surface area contributed by atoms with E-state index < -0.39 is 16.2 Å². The highest BCUT2D eigenvalue weighted by Gasteiger charge is 2.31. The third-order valence-electron chi connectivity index (χ3n) is 10.0. The summed E-state index contributed by atoms with van der Waals surface area (Å²) in [6.07, 6.45) is 1.69. The van der Waals surface area contributed by atoms with Gasteiger partial charge in [-0.15, -0.1) is 0 Å². The number of fused-ring (bicyclic) bond motifs is 3. The molecule has 0 fully saturated rings. The summed E-state index contributed by atoms with van der Waals surface area (Å²) in [5, 5.41) is 3.76. The lowest BCUT2D eigenvalue weighted by atomic mass is 9.77. The van der Waals surface area contributed by atoms with Crippen molar-refractivity contribution in [2.75, 3.05) is 6.16 Å². The van der Waals surface area contributed by atoms with Gasteiger partial charge in [0, 0.05) is 21.9 Å². The standard InChI is InChI=1S/C47H64O3P2/c1-43(2,3)33-28-36-37-29-34(44(4,5)6)31-39(46(10,11)12)42(37)50-52(49-41(36)38(30-33)45(7,8)9)48-40(32-22-18-16-19-23-32)26-27-51(47(13,14)15)35-24-20-17-21-25-35/h16-25,28-31,40H,26-27H2,1-15H3/t40-,51?/m1/s1. The molecule has 0 aliphatic carbocycles. The van der Waals surface area contributed by atoms with Crippen LogP contribution in [0.25, 0.3) is 21.9 Å². The fourth-order valence-corrected chi connectivity index (χ4v) is 10.8. The molecule has 0 spiro atoms. The molecule has 0 amide bonds. The maximum absolute atomic E-state index is 7.23. The van der Waals surface area contributed by atoms with E-state index in [9.17, 15) is 0 Å². The van der Waals surface area contributed by atoms with Gasteiger partial charge in [-0.2, -0.15) is 0 Å². The molecule has 0 saturated heterocycles. The molecule has 1 unspecified atom stereocenters. The zero-order valence-electron chi connectivity index (χ0n) is 34.7. The maximum atomic E-state index is 7.23. The Morgan fingerprint density at radius 2 is 0.981 bits per heavy atom. The quantitative estimate of drug-likeness (QED) is 0.156. The third-order valence-corrected chi connectivity index (χ3v) is 14.4. The molecule has 0 radical (unpaired) electrons. The van der Waals surface area contributed by atoms with Gasteiger partial charge in [0.2, 0.25) is 0 Å². The lowest BCUT2D eigenvalue weighted by Gasteiger charge is -2.33. The summed E-state index contributed by atoms with van der Waals surface area (Å²) in [6, 6.07) is 31.2. The Morgan fingerprint density at radius 1 is 0.558 bits per heavy atom. The average molecular weight is 739 g/mol. The molecule has 0 bridgehead atoms. The summed E-state index contributed by atoms with van der Waals surface area (Å²) in [4.78, 5) is 0. The van der Waals surface area contributed by atoms with Crippen LogP contribution in [0.3, 0.4) is 0 Å². The molecule has 0 aliphatic rings. The second-order valence-corrected chi connectivity index (χ2v) is 23.8. The van der Waals surface area contributed by atoms with E-state index in [1.807, 2.05) is 0 Å². The molecule has 2 atom stereocenters. The SMILES string of the molecule is CC(C)(C)c1cc(C(C)(C)C)c2op(O[C@H](CCP(c3ccccc3)C(C)(C)C)c3ccccc3)oc3c(C(C)(C)C)cc(C(C)(C)C)cc3c2c1. The first-order valence-corrected chi connectivity index (χ1v) is 21.7. The highest BCUT2D eigenvalue weighted by Crippen LogP contribution is 2.51.